The van der Waals surface area contributed by atoms with Crippen molar-refractivity contribution >= 4 is 46.0 Å². The lowest BCUT2D eigenvalue weighted by Crippen LogP contribution is -2.14. The second-order valence-electron chi connectivity index (χ2n) is 7.32. The highest BCUT2D eigenvalue weighted by Gasteiger charge is 2.07. The van der Waals surface area contributed by atoms with Gasteiger partial charge in [-0.3, -0.25) is 9.59 Å². The zero-order chi connectivity index (χ0) is 25.0. The molecular weight excluding hydrogens is 456 g/mol. The minimum atomic E-state index is -0.175. The molecule has 1 aromatic heterocycles. The van der Waals surface area contributed by atoms with Gasteiger partial charge in [0, 0.05) is 27.9 Å². The topological polar surface area (TPSA) is 96.6 Å². The summed E-state index contributed by atoms with van der Waals surface area (Å²) in [5.74, 6) is 0.0219. The quantitative estimate of drug-likeness (QED) is 0.167. The van der Waals surface area contributed by atoms with E-state index >= 15 is 0 Å². The number of aliphatic imine (C=N–C) groups is 1. The van der Waals surface area contributed by atoms with Gasteiger partial charge in [0.25, 0.3) is 11.8 Å². The predicted octanol–water partition coefficient (Wildman–Crippen LogP) is 6.48. The fourth-order valence-electron chi connectivity index (χ4n) is 2.94. The van der Waals surface area contributed by atoms with Crippen molar-refractivity contribution in [2.75, 3.05) is 10.6 Å². The molecule has 4 N–H and O–H groups in total. The maximum Gasteiger partial charge on any atom is 0.256 e. The molecule has 0 saturated carbocycles. The molecule has 4 aromatic rings. The van der Waals surface area contributed by atoms with Crippen LogP contribution in [-0.4, -0.2) is 17.6 Å². The smallest absolute Gasteiger partial charge is 0.256 e. The Bertz CT molecular complexity index is 1280. The number of amidine groups is 1. The summed E-state index contributed by atoms with van der Waals surface area (Å²) in [6.07, 6.45) is 1.75. The Labute approximate surface area is 208 Å². The molecule has 0 saturated heterocycles. The maximum atomic E-state index is 12.2. The van der Waals surface area contributed by atoms with Crippen LogP contribution in [0.25, 0.3) is 0 Å². The van der Waals surface area contributed by atoms with Gasteiger partial charge in [-0.2, -0.15) is 11.3 Å². The fourth-order valence-corrected chi connectivity index (χ4v) is 3.57. The summed E-state index contributed by atoms with van der Waals surface area (Å²) < 4.78 is 0. The number of hydrogen-bond donors (Lipinski definition) is 3. The van der Waals surface area contributed by atoms with E-state index < -0.39 is 0 Å². The Morgan fingerprint density at radius 2 is 1.34 bits per heavy atom. The molecule has 0 fully saturated rings. The third kappa shape index (κ3) is 7.52. The van der Waals surface area contributed by atoms with Gasteiger partial charge < -0.3 is 16.4 Å². The Kier molecular flexibility index (Phi) is 9.10. The molecule has 0 unspecified atom stereocenters. The number of thiophene rings is 1. The zero-order valence-corrected chi connectivity index (χ0v) is 20.1. The highest BCUT2D eigenvalue weighted by Crippen LogP contribution is 2.19. The lowest BCUT2D eigenvalue weighted by molar-refractivity contribution is 0.101. The van der Waals surface area contributed by atoms with Crippen LogP contribution >= 0.6 is 11.3 Å². The van der Waals surface area contributed by atoms with Crippen molar-refractivity contribution in [3.05, 3.63) is 125 Å². The normalized spacial score (nSPS) is 10.5. The molecule has 0 aliphatic carbocycles. The first-order valence-corrected chi connectivity index (χ1v) is 11.8. The average molecular weight is 483 g/mol. The van der Waals surface area contributed by atoms with Crippen LogP contribution in [0.1, 0.15) is 33.2 Å². The van der Waals surface area contributed by atoms with Gasteiger partial charge in [0.05, 0.1) is 11.3 Å². The van der Waals surface area contributed by atoms with Gasteiger partial charge in [0.1, 0.15) is 5.84 Å². The molecule has 6 nitrogen and oxygen atoms in total. The van der Waals surface area contributed by atoms with Crippen LogP contribution in [0.2, 0.25) is 0 Å². The van der Waals surface area contributed by atoms with Crippen LogP contribution in [0.4, 0.5) is 17.1 Å². The number of rotatable bonds is 6. The first-order valence-electron chi connectivity index (χ1n) is 10.8. The Morgan fingerprint density at radius 1 is 0.800 bits per heavy atom. The Morgan fingerprint density at radius 3 is 1.89 bits per heavy atom. The van der Waals surface area contributed by atoms with E-state index in [2.05, 4.69) is 22.2 Å². The lowest BCUT2D eigenvalue weighted by atomic mass is 10.1. The van der Waals surface area contributed by atoms with Crippen molar-refractivity contribution < 1.29 is 9.59 Å². The number of amides is 2. The number of benzene rings is 3. The van der Waals surface area contributed by atoms with E-state index in [4.69, 9.17) is 5.73 Å². The highest BCUT2D eigenvalue weighted by molar-refractivity contribution is 7.08. The molecule has 4 rings (SSSR count). The molecule has 3 aromatic carbocycles. The summed E-state index contributed by atoms with van der Waals surface area (Å²) >= 11 is 1.48. The van der Waals surface area contributed by atoms with Crippen LogP contribution in [0, 0.1) is 0 Å². The number of carbonyl (C=O) groups is 2. The fraction of sp³-hybridized carbons (Fsp3) is 0.0357. The molecule has 0 atom stereocenters. The number of hydrogen-bond acceptors (Lipinski definition) is 4. The van der Waals surface area contributed by atoms with E-state index in [1.54, 1.807) is 78.2 Å². The average Bonchev–Trinajstić information content (AvgIpc) is 3.42. The third-order valence-corrected chi connectivity index (χ3v) is 5.32. The molecule has 0 aliphatic rings. The molecule has 1 heterocycles. The first-order chi connectivity index (χ1) is 17.0. The standard InChI is InChI=1S/C25H20N4O2S.C3H6/c26-23(17-6-8-21(9-7-17)28-24(30)18-4-2-1-3-5-18)27-20-10-12-22(13-11-20)29-25(31)19-14-15-32-16-19;1-3-2/h1-16H,(H2,26,27)(H,28,30)(H,29,31);3H,1H2,2H3. The van der Waals surface area contributed by atoms with Gasteiger partial charge in [0.2, 0.25) is 0 Å². The molecule has 0 radical (unpaired) electrons. The molecule has 2 amide bonds. The largest absolute Gasteiger partial charge is 0.383 e. The molecule has 35 heavy (non-hydrogen) atoms. The van der Waals surface area contributed by atoms with E-state index in [-0.39, 0.29) is 11.8 Å². The van der Waals surface area contributed by atoms with Crippen molar-refractivity contribution in [2.45, 2.75) is 6.92 Å². The monoisotopic (exact) mass is 482 g/mol. The SMILES string of the molecule is C=CC.NC(=Nc1ccc(NC(=O)c2ccsc2)cc1)c1ccc(NC(=O)c2ccccc2)cc1. The van der Waals surface area contributed by atoms with E-state index in [0.29, 0.717) is 34.0 Å². The summed E-state index contributed by atoms with van der Waals surface area (Å²) in [6.45, 7) is 5.25. The van der Waals surface area contributed by atoms with Gasteiger partial charge in [0.15, 0.2) is 0 Å². The summed E-state index contributed by atoms with van der Waals surface area (Å²) in [5, 5.41) is 9.36. The highest BCUT2D eigenvalue weighted by atomic mass is 32.1. The third-order valence-electron chi connectivity index (χ3n) is 4.63. The predicted molar refractivity (Wildman–Crippen MR) is 146 cm³/mol. The summed E-state index contributed by atoms with van der Waals surface area (Å²) in [4.78, 5) is 28.8. The van der Waals surface area contributed by atoms with Crippen LogP contribution in [-0.2, 0) is 0 Å². The summed E-state index contributed by atoms with van der Waals surface area (Å²) in [6, 6.07) is 25.1. The van der Waals surface area contributed by atoms with Crippen molar-refractivity contribution in [2.24, 2.45) is 10.7 Å². The molecule has 0 aliphatic heterocycles. The number of carbonyl (C=O) groups excluding carboxylic acids is 2. The number of anilines is 2. The van der Waals surface area contributed by atoms with Crippen LogP contribution in [0.5, 0.6) is 0 Å². The van der Waals surface area contributed by atoms with E-state index in [9.17, 15) is 9.59 Å². The van der Waals surface area contributed by atoms with Crippen molar-refractivity contribution in [3.8, 4) is 0 Å². The van der Waals surface area contributed by atoms with Gasteiger partial charge >= 0.3 is 0 Å². The van der Waals surface area contributed by atoms with Gasteiger partial charge in [-0.1, -0.05) is 24.3 Å². The molecule has 0 spiro atoms. The second-order valence-corrected chi connectivity index (χ2v) is 8.10. The number of nitrogens with one attached hydrogen (secondary N) is 2. The molecule has 176 valence electrons. The van der Waals surface area contributed by atoms with Crippen molar-refractivity contribution in [3.63, 3.8) is 0 Å². The molecule has 0 bridgehead atoms. The minimum Gasteiger partial charge on any atom is -0.383 e. The van der Waals surface area contributed by atoms with Crippen molar-refractivity contribution in [1.29, 1.82) is 0 Å². The number of nitrogens with zero attached hydrogens (tertiary/aromatic N) is 1. The van der Waals surface area contributed by atoms with Crippen LogP contribution in [0.15, 0.2) is 113 Å². The van der Waals surface area contributed by atoms with Gasteiger partial charge in [-0.15, -0.1) is 6.58 Å². The van der Waals surface area contributed by atoms with E-state index in [1.807, 2.05) is 30.5 Å². The Balaban J connectivity index is 0.00000108. The first kappa shape index (κ1) is 25.1. The van der Waals surface area contributed by atoms with Gasteiger partial charge in [-0.05, 0) is 79.0 Å². The van der Waals surface area contributed by atoms with E-state index in [1.165, 1.54) is 11.3 Å². The van der Waals surface area contributed by atoms with Crippen LogP contribution in [0.3, 0.4) is 0 Å². The van der Waals surface area contributed by atoms with Crippen molar-refractivity contribution in [1.82, 2.24) is 0 Å². The van der Waals surface area contributed by atoms with Crippen LogP contribution < -0.4 is 16.4 Å². The second kappa shape index (κ2) is 12.7. The number of nitrogens with two attached hydrogens (primary N) is 1. The minimum absolute atomic E-state index is 0.151. The summed E-state index contributed by atoms with van der Waals surface area (Å²) in [5.41, 5.74) is 10.1. The Hall–Kier alpha value is -4.49. The summed E-state index contributed by atoms with van der Waals surface area (Å²) in [7, 11) is 0. The molecule has 7 heteroatoms. The lowest BCUT2D eigenvalue weighted by Gasteiger charge is -2.07. The number of allylic oxidation sites excluding steroid dienone is 1. The van der Waals surface area contributed by atoms with E-state index in [0.717, 1.165) is 5.56 Å². The van der Waals surface area contributed by atoms with Gasteiger partial charge in [-0.25, -0.2) is 4.99 Å². The molecular formula is C28H26N4O2S. The maximum absolute atomic E-state index is 12.2. The zero-order valence-electron chi connectivity index (χ0n) is 19.3.